The molecule has 84 valence electrons. The second-order valence-corrected chi connectivity index (χ2v) is 2.99. The number of ether oxygens (including phenoxy) is 1. The molecule has 1 nitrogen and oxygen atoms in total. The third-order valence-electron chi connectivity index (χ3n) is 1.73. The Hall–Kier alpha value is -1.27. The van der Waals surface area contributed by atoms with Gasteiger partial charge in [-0.2, -0.15) is 8.78 Å². The summed E-state index contributed by atoms with van der Waals surface area (Å²) in [6.07, 6.45) is 0. The minimum absolute atomic E-state index is 0.339. The largest absolute Gasteiger partial charge is 0.513 e. The Balaban J connectivity index is 3.15. The van der Waals surface area contributed by atoms with Crippen molar-refractivity contribution in [2.24, 2.45) is 0 Å². The Bertz CT molecular complexity index is 349. The van der Waals surface area contributed by atoms with Crippen molar-refractivity contribution >= 4 is 12.4 Å². The molecule has 0 fully saturated rings. The van der Waals surface area contributed by atoms with Crippen molar-refractivity contribution in [3.8, 4) is 5.75 Å². The molecular formula is C8H7BF5O-. The van der Waals surface area contributed by atoms with Gasteiger partial charge in [0, 0.05) is 0 Å². The molecule has 0 saturated heterocycles. The number of benzene rings is 1. The molecule has 0 spiro atoms. The van der Waals surface area contributed by atoms with Crippen LogP contribution >= 0.6 is 0 Å². The third kappa shape index (κ3) is 3.11. The first kappa shape index (κ1) is 11.8. The summed E-state index contributed by atoms with van der Waals surface area (Å²) >= 11 is 0. The zero-order valence-electron chi connectivity index (χ0n) is 7.68. The van der Waals surface area contributed by atoms with E-state index in [-0.39, 0.29) is 0 Å². The molecule has 0 aliphatic carbocycles. The Labute approximate surface area is 82.9 Å². The highest BCUT2D eigenvalue weighted by molar-refractivity contribution is 6.74. The minimum atomic E-state index is -5.34. The Morgan fingerprint density at radius 3 is 2.27 bits per heavy atom. The fraction of sp³-hybridized carbons (Fsp3) is 0.250. The summed E-state index contributed by atoms with van der Waals surface area (Å²) in [4.78, 5) is 0. The molecule has 1 rings (SSSR count). The van der Waals surface area contributed by atoms with Crippen LogP contribution in [0.2, 0.25) is 0 Å². The van der Waals surface area contributed by atoms with Crippen LogP contribution in [0.25, 0.3) is 0 Å². The van der Waals surface area contributed by atoms with Gasteiger partial charge in [0.2, 0.25) is 0 Å². The normalized spacial score (nSPS) is 11.9. The summed E-state index contributed by atoms with van der Waals surface area (Å²) in [6, 6.07) is 2.97. The predicted molar refractivity (Wildman–Crippen MR) is 46.5 cm³/mol. The number of rotatable bonds is 3. The van der Waals surface area contributed by atoms with Crippen LogP contribution in [0.15, 0.2) is 18.2 Å². The van der Waals surface area contributed by atoms with Crippen LogP contribution in [0.5, 0.6) is 5.75 Å². The molecule has 0 atom stereocenters. The molecular weight excluding hydrogens is 218 g/mol. The Kier molecular flexibility index (Phi) is 3.21. The number of halogens is 5. The summed E-state index contributed by atoms with van der Waals surface area (Å²) in [5, 5.41) is 0. The average molecular weight is 225 g/mol. The predicted octanol–water partition coefficient (Wildman–Crippen LogP) is 2.65. The van der Waals surface area contributed by atoms with Crippen LogP contribution < -0.4 is 10.2 Å². The van der Waals surface area contributed by atoms with Crippen molar-refractivity contribution in [3.63, 3.8) is 0 Å². The number of hydrogen-bond donors (Lipinski definition) is 0. The molecule has 1 aromatic carbocycles. The standard InChI is InChI=1S/C8H7BF5O/c1-5-2-3-7(15-8(10)11)6(4-5)9(12,13)14/h2-4,8H,1H3/q-1. The molecule has 15 heavy (non-hydrogen) atoms. The van der Waals surface area contributed by atoms with Crippen molar-refractivity contribution < 1.29 is 26.5 Å². The summed E-state index contributed by atoms with van der Waals surface area (Å²) in [6.45, 7) is -7.16. The maximum atomic E-state index is 12.4. The highest BCUT2D eigenvalue weighted by Gasteiger charge is 2.30. The molecule has 7 heteroatoms. The van der Waals surface area contributed by atoms with E-state index in [1.54, 1.807) is 0 Å². The van der Waals surface area contributed by atoms with Crippen molar-refractivity contribution in [2.75, 3.05) is 0 Å². The van der Waals surface area contributed by atoms with E-state index >= 15 is 0 Å². The van der Waals surface area contributed by atoms with E-state index in [0.29, 0.717) is 5.56 Å². The van der Waals surface area contributed by atoms with Crippen LogP contribution in [-0.2, 0) is 0 Å². The van der Waals surface area contributed by atoms with Crippen molar-refractivity contribution in [1.82, 2.24) is 0 Å². The zero-order chi connectivity index (χ0) is 11.6. The molecule has 0 amide bonds. The Morgan fingerprint density at radius 1 is 1.20 bits per heavy atom. The molecule has 0 N–H and O–H groups in total. The van der Waals surface area contributed by atoms with E-state index in [1.165, 1.54) is 13.0 Å². The molecule has 0 heterocycles. The van der Waals surface area contributed by atoms with Crippen LogP contribution in [0.4, 0.5) is 21.7 Å². The lowest BCUT2D eigenvalue weighted by molar-refractivity contribution is -0.0492. The first-order valence-electron chi connectivity index (χ1n) is 4.06. The van der Waals surface area contributed by atoms with E-state index < -0.39 is 24.8 Å². The van der Waals surface area contributed by atoms with E-state index in [2.05, 4.69) is 4.74 Å². The van der Waals surface area contributed by atoms with Crippen molar-refractivity contribution in [1.29, 1.82) is 0 Å². The molecule has 1 aromatic rings. The van der Waals surface area contributed by atoms with Gasteiger partial charge in [0.1, 0.15) is 0 Å². The van der Waals surface area contributed by atoms with Gasteiger partial charge in [-0.15, -0.1) is 0 Å². The molecule has 0 aliphatic heterocycles. The average Bonchev–Trinajstić information content (AvgIpc) is 2.05. The smallest absolute Gasteiger partial charge is 0.445 e. The molecule has 0 bridgehead atoms. The van der Waals surface area contributed by atoms with Gasteiger partial charge in [-0.05, 0) is 13.0 Å². The van der Waals surface area contributed by atoms with Crippen LogP contribution in [0.1, 0.15) is 5.56 Å². The monoisotopic (exact) mass is 225 g/mol. The second kappa shape index (κ2) is 4.08. The number of hydrogen-bond acceptors (Lipinski definition) is 1. The first-order valence-corrected chi connectivity index (χ1v) is 4.06. The fourth-order valence-corrected chi connectivity index (χ4v) is 1.13. The summed E-state index contributed by atoms with van der Waals surface area (Å²) in [5.74, 6) is -0.830. The van der Waals surface area contributed by atoms with Gasteiger partial charge in [0.05, 0.1) is 5.75 Å². The highest BCUT2D eigenvalue weighted by Crippen LogP contribution is 2.20. The van der Waals surface area contributed by atoms with Gasteiger partial charge in [-0.3, -0.25) is 0 Å². The quantitative estimate of drug-likeness (QED) is 0.567. The third-order valence-corrected chi connectivity index (χ3v) is 1.73. The minimum Gasteiger partial charge on any atom is -0.445 e. The second-order valence-electron chi connectivity index (χ2n) is 2.99. The van der Waals surface area contributed by atoms with Gasteiger partial charge in [-0.25, -0.2) is 0 Å². The van der Waals surface area contributed by atoms with Gasteiger partial charge in [0.15, 0.2) is 0 Å². The summed E-state index contributed by atoms with van der Waals surface area (Å²) < 4.78 is 64.7. The number of aryl methyl sites for hydroxylation is 1. The molecule has 0 radical (unpaired) electrons. The van der Waals surface area contributed by atoms with Crippen LogP contribution in [0, 0.1) is 6.92 Å². The van der Waals surface area contributed by atoms with Gasteiger partial charge >= 0.3 is 13.6 Å². The zero-order valence-corrected chi connectivity index (χ0v) is 7.68. The lowest BCUT2D eigenvalue weighted by atomic mass is 9.78. The molecule has 0 aliphatic rings. The van der Waals surface area contributed by atoms with Gasteiger partial charge < -0.3 is 17.7 Å². The molecule has 0 aromatic heterocycles. The highest BCUT2D eigenvalue weighted by atomic mass is 19.4. The van der Waals surface area contributed by atoms with Crippen LogP contribution in [0.3, 0.4) is 0 Å². The number of alkyl halides is 2. The Morgan fingerprint density at radius 2 is 1.80 bits per heavy atom. The lowest BCUT2D eigenvalue weighted by Crippen LogP contribution is -2.36. The van der Waals surface area contributed by atoms with E-state index in [1.807, 2.05) is 0 Å². The maximum absolute atomic E-state index is 12.4. The molecule has 0 unspecified atom stereocenters. The van der Waals surface area contributed by atoms with E-state index in [0.717, 1.165) is 12.1 Å². The summed E-state index contributed by atoms with van der Waals surface area (Å²) in [7, 11) is 0. The van der Waals surface area contributed by atoms with Gasteiger partial charge in [-0.1, -0.05) is 23.2 Å². The van der Waals surface area contributed by atoms with Crippen molar-refractivity contribution in [2.45, 2.75) is 13.5 Å². The summed E-state index contributed by atoms with van der Waals surface area (Å²) in [5.41, 5.74) is -0.791. The van der Waals surface area contributed by atoms with Gasteiger partial charge in [0.25, 0.3) is 0 Å². The van der Waals surface area contributed by atoms with Crippen LogP contribution in [-0.4, -0.2) is 13.6 Å². The topological polar surface area (TPSA) is 9.23 Å². The molecule has 0 saturated carbocycles. The lowest BCUT2D eigenvalue weighted by Gasteiger charge is -2.19. The first-order chi connectivity index (χ1) is 6.80. The van der Waals surface area contributed by atoms with E-state index in [9.17, 15) is 21.7 Å². The van der Waals surface area contributed by atoms with Crippen molar-refractivity contribution in [3.05, 3.63) is 23.8 Å². The fourth-order valence-electron chi connectivity index (χ4n) is 1.13. The SMILES string of the molecule is Cc1ccc(OC(F)F)c([B-](F)(F)F)c1. The maximum Gasteiger partial charge on any atom is 0.513 e. The van der Waals surface area contributed by atoms with E-state index in [4.69, 9.17) is 0 Å².